The molecular weight excluding hydrogens is 242 g/mol. The van der Waals surface area contributed by atoms with Gasteiger partial charge >= 0.3 is 0 Å². The van der Waals surface area contributed by atoms with E-state index in [2.05, 4.69) is 10.7 Å². The van der Waals surface area contributed by atoms with Gasteiger partial charge in [-0.2, -0.15) is 0 Å². The van der Waals surface area contributed by atoms with E-state index in [1.807, 2.05) is 6.07 Å². The van der Waals surface area contributed by atoms with Crippen molar-refractivity contribution >= 4 is 11.4 Å². The molecule has 0 aliphatic carbocycles. The molecule has 0 saturated carbocycles. The molecule has 0 amide bonds. The minimum absolute atomic E-state index is 0. The summed E-state index contributed by atoms with van der Waals surface area (Å²) in [7, 11) is 0. The van der Waals surface area contributed by atoms with Crippen LogP contribution in [-0.4, -0.2) is 15.6 Å². The maximum absolute atomic E-state index is 8.25. The van der Waals surface area contributed by atoms with Crippen molar-refractivity contribution in [3.63, 3.8) is 0 Å². The van der Waals surface area contributed by atoms with Crippen molar-refractivity contribution in [2.24, 2.45) is 0 Å². The van der Waals surface area contributed by atoms with Crippen LogP contribution in [0.1, 0.15) is 0 Å². The quantitative estimate of drug-likeness (QED) is 0.376. The third-order valence-electron chi connectivity index (χ3n) is 0.990. The zero-order chi connectivity index (χ0) is 13.1. The van der Waals surface area contributed by atoms with E-state index in [-0.39, 0.29) is 5.48 Å². The summed E-state index contributed by atoms with van der Waals surface area (Å²) in [6.07, 6.45) is 3.50. The first-order valence-electron chi connectivity index (χ1n) is 3.48. The number of rotatable bonds is 0. The van der Waals surface area contributed by atoms with E-state index < -0.39 is 10.2 Å². The van der Waals surface area contributed by atoms with Crippen molar-refractivity contribution in [3.8, 4) is 0 Å². The number of pyridine rings is 1. The number of nitrogen functional groups attached to an aromatic ring is 1. The van der Waals surface area contributed by atoms with Crippen molar-refractivity contribution < 1.29 is 26.4 Å². The van der Waals surface area contributed by atoms with E-state index in [9.17, 15) is 0 Å². The Morgan fingerprint density at radius 3 is 1.71 bits per heavy atom. The van der Waals surface area contributed by atoms with E-state index in [1.165, 1.54) is 0 Å². The second-order valence-corrected chi connectivity index (χ2v) is 2.07. The predicted molar refractivity (Wildman–Crippen MR) is 54.3 cm³/mol. The van der Waals surface area contributed by atoms with Crippen LogP contribution in [-0.2, 0) is 0 Å². The molecule has 0 fully saturated rings. The minimum Gasteiger partial charge on any atom is -0.412 e. The molecule has 0 saturated heterocycles. The molecule has 98 valence electrons. The number of quaternary nitrogens is 1. The summed E-state index contributed by atoms with van der Waals surface area (Å²) >= 11 is 0. The van der Waals surface area contributed by atoms with Crippen LogP contribution < -0.4 is 16.5 Å². The maximum atomic E-state index is 8.25. The summed E-state index contributed by atoms with van der Waals surface area (Å²) in [6.45, 7) is 0. The van der Waals surface area contributed by atoms with E-state index in [1.54, 1.807) is 12.4 Å². The summed E-state index contributed by atoms with van der Waals surface area (Å²) in [5.74, 6) is 0. The summed E-state index contributed by atoms with van der Waals surface area (Å²) < 4.78 is 0. The molecule has 1 aromatic heterocycles. The van der Waals surface area contributed by atoms with Crippen LogP contribution in [0, 0.1) is 30.6 Å². The Bertz CT molecular complexity index is 304. The lowest BCUT2D eigenvalue weighted by molar-refractivity contribution is -0.403. The molecule has 0 spiro atoms. The molecule has 0 unspecified atom stereocenters. The van der Waals surface area contributed by atoms with Gasteiger partial charge in [-0.25, -0.2) is 4.98 Å². The van der Waals surface area contributed by atoms with Crippen molar-refractivity contribution in [3.05, 3.63) is 49.1 Å². The number of aromatic nitrogens is 1. The standard InChI is InChI=1S/C5H7N3.2NO3.H2O/c6-4-1-2-8-3-5(4)7;2*2-1(3)4;/h1-3H,7H2,(H2,6,8);;;1H2/q;2*-1;/p+2. The Morgan fingerprint density at radius 2 is 1.53 bits per heavy atom. The molecule has 1 rings (SSSR count). The number of anilines is 1. The highest BCUT2D eigenvalue weighted by atomic mass is 16.9. The molecule has 0 atom stereocenters. The van der Waals surface area contributed by atoms with Crippen LogP contribution in [0.2, 0.25) is 0 Å². The monoisotopic (exact) mass is 253 g/mol. The van der Waals surface area contributed by atoms with Crippen molar-refractivity contribution in [1.82, 2.24) is 0 Å². The van der Waals surface area contributed by atoms with Crippen molar-refractivity contribution in [2.45, 2.75) is 0 Å². The van der Waals surface area contributed by atoms with Gasteiger partial charge in [-0.05, 0) is 0 Å². The van der Waals surface area contributed by atoms with Crippen LogP contribution in [0.25, 0.3) is 0 Å². The van der Waals surface area contributed by atoms with Gasteiger partial charge in [0.2, 0.25) is 0 Å². The van der Waals surface area contributed by atoms with Gasteiger partial charge in [-0.3, -0.25) is 0 Å². The molecule has 0 aromatic carbocycles. The third kappa shape index (κ3) is 24.6. The Labute approximate surface area is 93.6 Å². The van der Waals surface area contributed by atoms with Gasteiger partial charge in [0.1, 0.15) is 0 Å². The first kappa shape index (κ1) is 19.8. The van der Waals surface area contributed by atoms with Crippen LogP contribution in [0.15, 0.2) is 18.5 Å². The van der Waals surface area contributed by atoms with Crippen molar-refractivity contribution in [2.75, 3.05) is 5.73 Å². The Morgan fingerprint density at radius 1 is 1.18 bits per heavy atom. The lowest BCUT2D eigenvalue weighted by atomic mass is 10.4. The number of hydrogen-bond donors (Lipinski definition) is 2. The van der Waals surface area contributed by atoms with Crippen LogP contribution >= 0.6 is 0 Å². The molecular formula is C5H11N5O7. The fraction of sp³-hybridized carbons (Fsp3) is 0. The van der Waals surface area contributed by atoms with E-state index in [0.717, 1.165) is 5.69 Å². The maximum Gasteiger partial charge on any atom is 0.196 e. The predicted octanol–water partition coefficient (Wildman–Crippen LogP) is -2.35. The van der Waals surface area contributed by atoms with Crippen LogP contribution in [0.5, 0.6) is 0 Å². The number of hydrogen-bond acceptors (Lipinski definition) is 7. The zero-order valence-corrected chi connectivity index (χ0v) is 8.36. The van der Waals surface area contributed by atoms with Gasteiger partial charge in [0.25, 0.3) is 0 Å². The molecule has 1 aromatic rings. The van der Waals surface area contributed by atoms with Crippen molar-refractivity contribution in [1.29, 1.82) is 0 Å². The normalized spacial score (nSPS) is 7.12. The molecule has 8 N–H and O–H groups in total. The summed E-state index contributed by atoms with van der Waals surface area (Å²) in [5.41, 5.74) is 10.7. The Hall–Kier alpha value is -2.73. The average Bonchev–Trinajstić information content (AvgIpc) is 2.08. The molecule has 0 radical (unpaired) electrons. The highest BCUT2D eigenvalue weighted by Crippen LogP contribution is 2.03. The van der Waals surface area contributed by atoms with Gasteiger partial charge in [0.15, 0.2) is 23.8 Å². The molecule has 12 heteroatoms. The number of nitrogens with two attached hydrogens (primary N) is 1. The molecule has 1 heterocycles. The lowest BCUT2D eigenvalue weighted by Crippen LogP contribution is -2.41. The minimum atomic E-state index is -1.75. The van der Waals surface area contributed by atoms with Gasteiger partial charge in [0.05, 0.1) is 16.2 Å². The highest BCUT2D eigenvalue weighted by Gasteiger charge is 1.95. The topological polar surface area (TPSA) is 232 Å². The number of aromatic amines is 1. The second-order valence-electron chi connectivity index (χ2n) is 2.07. The largest absolute Gasteiger partial charge is 0.412 e. The van der Waals surface area contributed by atoms with E-state index in [4.69, 9.17) is 36.4 Å². The molecule has 0 bridgehead atoms. The second kappa shape index (κ2) is 11.3. The smallest absolute Gasteiger partial charge is 0.196 e. The zero-order valence-electron chi connectivity index (χ0n) is 8.36. The molecule has 17 heavy (non-hydrogen) atoms. The number of nitrogens with one attached hydrogen (secondary N) is 1. The average molecular weight is 253 g/mol. The highest BCUT2D eigenvalue weighted by molar-refractivity contribution is 5.52. The number of nitrogens with zero attached hydrogens (tertiary/aromatic N) is 2. The SMILES string of the molecule is Nc1c[nH+]ccc1[NH3+].O.O=[N+]([O-])[O-].O=[N+]([O-])[O-]. The van der Waals surface area contributed by atoms with Gasteiger partial charge in [0, 0.05) is 0 Å². The van der Waals surface area contributed by atoms with E-state index in [0.29, 0.717) is 5.69 Å². The first-order valence-corrected chi connectivity index (χ1v) is 3.48. The van der Waals surface area contributed by atoms with Crippen LogP contribution in [0.4, 0.5) is 11.4 Å². The fourth-order valence-electron chi connectivity index (χ4n) is 0.476. The van der Waals surface area contributed by atoms with Gasteiger partial charge in [-0.15, -0.1) is 0 Å². The Balaban J connectivity index is -0.000000189. The lowest BCUT2D eigenvalue weighted by Gasteiger charge is -1.84. The van der Waals surface area contributed by atoms with Gasteiger partial charge in [-0.1, -0.05) is 0 Å². The summed E-state index contributed by atoms with van der Waals surface area (Å²) in [4.78, 5) is 19.3. The molecule has 12 nitrogen and oxygen atoms in total. The van der Waals surface area contributed by atoms with E-state index >= 15 is 0 Å². The molecule has 0 aliphatic heterocycles. The summed E-state index contributed by atoms with van der Waals surface area (Å²) in [6, 6.07) is 1.83. The third-order valence-corrected chi connectivity index (χ3v) is 0.990. The van der Waals surface area contributed by atoms with Gasteiger partial charge < -0.3 is 47.6 Å². The fourth-order valence-corrected chi connectivity index (χ4v) is 0.476. The van der Waals surface area contributed by atoms with Crippen LogP contribution in [0.3, 0.4) is 0 Å². The Kier molecular flexibility index (Phi) is 13.2. The molecule has 0 aliphatic rings. The number of H-pyrrole nitrogens is 1. The summed E-state index contributed by atoms with van der Waals surface area (Å²) in [5, 5.41) is 29.5. The first-order chi connectivity index (χ1) is 7.27.